The fourth-order valence-corrected chi connectivity index (χ4v) is 3.73. The Morgan fingerprint density at radius 1 is 1.26 bits per heavy atom. The molecule has 2 heterocycles. The fraction of sp³-hybridized carbons (Fsp3) is 0.462. The van der Waals surface area contributed by atoms with E-state index in [4.69, 9.17) is 0 Å². The number of thioether (sulfide) groups is 1. The van der Waals surface area contributed by atoms with Crippen molar-refractivity contribution in [2.24, 2.45) is 0 Å². The van der Waals surface area contributed by atoms with Crippen LogP contribution in [0.4, 0.5) is 0 Å². The molecule has 4 nitrogen and oxygen atoms in total. The second kappa shape index (κ2) is 5.88. The van der Waals surface area contributed by atoms with Crippen molar-refractivity contribution in [2.45, 2.75) is 12.8 Å². The van der Waals surface area contributed by atoms with E-state index in [9.17, 15) is 4.79 Å². The SMILES string of the molecule is O=C(Cc1cccc2nsnc12)N1CCCSCC1. The maximum Gasteiger partial charge on any atom is 0.227 e. The zero-order chi connectivity index (χ0) is 13.1. The van der Waals surface area contributed by atoms with Crippen LogP contribution in [0.1, 0.15) is 12.0 Å². The molecular weight excluding hydrogens is 278 g/mol. The van der Waals surface area contributed by atoms with Gasteiger partial charge in [-0.15, -0.1) is 0 Å². The Kier molecular flexibility index (Phi) is 3.98. The van der Waals surface area contributed by atoms with Gasteiger partial charge in [0, 0.05) is 18.8 Å². The summed E-state index contributed by atoms with van der Waals surface area (Å²) >= 11 is 3.14. The van der Waals surface area contributed by atoms with Gasteiger partial charge < -0.3 is 4.90 Å². The third-order valence-electron chi connectivity index (χ3n) is 3.29. The molecule has 1 aliphatic heterocycles. The monoisotopic (exact) mass is 293 g/mol. The highest BCUT2D eigenvalue weighted by atomic mass is 32.2. The number of nitrogens with zero attached hydrogens (tertiary/aromatic N) is 3. The van der Waals surface area contributed by atoms with Crippen LogP contribution in [0.2, 0.25) is 0 Å². The summed E-state index contributed by atoms with van der Waals surface area (Å²) in [6.07, 6.45) is 1.53. The van der Waals surface area contributed by atoms with E-state index in [0.29, 0.717) is 6.42 Å². The van der Waals surface area contributed by atoms with Crippen LogP contribution in [0.25, 0.3) is 11.0 Å². The molecule has 0 saturated carbocycles. The van der Waals surface area contributed by atoms with Gasteiger partial charge in [0.15, 0.2) is 0 Å². The molecule has 0 N–H and O–H groups in total. The van der Waals surface area contributed by atoms with E-state index < -0.39 is 0 Å². The molecular formula is C13H15N3OS2. The van der Waals surface area contributed by atoms with Crippen molar-refractivity contribution in [3.8, 4) is 0 Å². The molecule has 1 aromatic heterocycles. The summed E-state index contributed by atoms with van der Waals surface area (Å²) in [6.45, 7) is 1.76. The van der Waals surface area contributed by atoms with E-state index in [0.717, 1.165) is 47.6 Å². The average Bonchev–Trinajstić information content (AvgIpc) is 2.73. The summed E-state index contributed by atoms with van der Waals surface area (Å²) in [4.78, 5) is 14.3. The number of hydrogen-bond donors (Lipinski definition) is 0. The van der Waals surface area contributed by atoms with Crippen LogP contribution >= 0.6 is 23.5 Å². The molecule has 0 unspecified atom stereocenters. The van der Waals surface area contributed by atoms with Gasteiger partial charge in [-0.1, -0.05) is 12.1 Å². The van der Waals surface area contributed by atoms with E-state index in [1.54, 1.807) is 0 Å². The maximum atomic E-state index is 12.4. The van der Waals surface area contributed by atoms with Crippen molar-refractivity contribution in [2.75, 3.05) is 24.6 Å². The lowest BCUT2D eigenvalue weighted by Gasteiger charge is -2.19. The van der Waals surface area contributed by atoms with E-state index in [2.05, 4.69) is 8.75 Å². The highest BCUT2D eigenvalue weighted by Crippen LogP contribution is 2.18. The van der Waals surface area contributed by atoms with Gasteiger partial charge in [0.1, 0.15) is 11.0 Å². The molecule has 2 aromatic rings. The first kappa shape index (κ1) is 12.9. The molecule has 1 aromatic carbocycles. The highest BCUT2D eigenvalue weighted by Gasteiger charge is 2.17. The minimum Gasteiger partial charge on any atom is -0.342 e. The van der Waals surface area contributed by atoms with Gasteiger partial charge in [-0.3, -0.25) is 4.79 Å². The molecule has 19 heavy (non-hydrogen) atoms. The highest BCUT2D eigenvalue weighted by molar-refractivity contribution is 7.99. The normalized spacial score (nSPS) is 16.5. The molecule has 1 aliphatic rings. The summed E-state index contributed by atoms with van der Waals surface area (Å²) in [6, 6.07) is 5.87. The molecule has 0 radical (unpaired) electrons. The number of carbonyl (C=O) groups is 1. The first-order valence-corrected chi connectivity index (χ1v) is 8.29. The van der Waals surface area contributed by atoms with E-state index in [1.165, 1.54) is 11.7 Å². The van der Waals surface area contributed by atoms with Crippen molar-refractivity contribution >= 4 is 40.4 Å². The number of benzene rings is 1. The third-order valence-corrected chi connectivity index (χ3v) is 4.88. The van der Waals surface area contributed by atoms with Crippen LogP contribution < -0.4 is 0 Å². The zero-order valence-electron chi connectivity index (χ0n) is 10.5. The van der Waals surface area contributed by atoms with E-state index >= 15 is 0 Å². The Bertz CT molecular complexity index is 576. The van der Waals surface area contributed by atoms with Crippen LogP contribution in [-0.2, 0) is 11.2 Å². The molecule has 0 bridgehead atoms. The fourth-order valence-electron chi connectivity index (χ4n) is 2.27. The predicted octanol–water partition coefficient (Wildman–Crippen LogP) is 2.20. The number of aromatic nitrogens is 2. The molecule has 100 valence electrons. The van der Waals surface area contributed by atoms with Gasteiger partial charge in [-0.2, -0.15) is 20.5 Å². The van der Waals surface area contributed by atoms with Crippen LogP contribution in [0.3, 0.4) is 0 Å². The third kappa shape index (κ3) is 2.90. The minimum absolute atomic E-state index is 0.211. The van der Waals surface area contributed by atoms with Crippen LogP contribution in [0.5, 0.6) is 0 Å². The molecule has 0 aliphatic carbocycles. The molecule has 0 atom stereocenters. The minimum atomic E-state index is 0.211. The second-order valence-corrected chi connectivity index (χ2v) is 6.33. The van der Waals surface area contributed by atoms with Gasteiger partial charge >= 0.3 is 0 Å². The first-order valence-electron chi connectivity index (χ1n) is 6.40. The Balaban J connectivity index is 1.76. The standard InChI is InChI=1S/C13H15N3OS2/c17-12(16-5-2-7-18-8-6-16)9-10-3-1-4-11-13(10)15-19-14-11/h1,3-4H,2,5-9H2. The zero-order valence-corrected chi connectivity index (χ0v) is 12.2. The van der Waals surface area contributed by atoms with Crippen LogP contribution in [0, 0.1) is 0 Å². The number of amides is 1. The molecule has 6 heteroatoms. The molecule has 1 amide bonds. The topological polar surface area (TPSA) is 46.1 Å². The molecule has 3 rings (SSSR count). The van der Waals surface area contributed by atoms with Crippen LogP contribution in [0.15, 0.2) is 18.2 Å². The summed E-state index contributed by atoms with van der Waals surface area (Å²) in [5, 5.41) is 0. The summed E-state index contributed by atoms with van der Waals surface area (Å²) in [5.74, 6) is 2.42. The van der Waals surface area contributed by atoms with Gasteiger partial charge in [0.25, 0.3) is 0 Å². The van der Waals surface area contributed by atoms with Gasteiger partial charge in [-0.05, 0) is 23.8 Å². The molecule has 1 saturated heterocycles. The maximum absolute atomic E-state index is 12.4. The second-order valence-electron chi connectivity index (χ2n) is 4.57. The van der Waals surface area contributed by atoms with Crippen molar-refractivity contribution in [1.29, 1.82) is 0 Å². The number of rotatable bonds is 2. The van der Waals surface area contributed by atoms with E-state index in [1.807, 2.05) is 34.9 Å². The first-order chi connectivity index (χ1) is 9.34. The summed E-state index contributed by atoms with van der Waals surface area (Å²) in [7, 11) is 0. The van der Waals surface area contributed by atoms with E-state index in [-0.39, 0.29) is 5.91 Å². The lowest BCUT2D eigenvalue weighted by atomic mass is 10.1. The Morgan fingerprint density at radius 2 is 2.21 bits per heavy atom. The Hall–Kier alpha value is -1.14. The van der Waals surface area contributed by atoms with Gasteiger partial charge in [0.2, 0.25) is 5.91 Å². The Morgan fingerprint density at radius 3 is 3.16 bits per heavy atom. The largest absolute Gasteiger partial charge is 0.342 e. The smallest absolute Gasteiger partial charge is 0.227 e. The quantitative estimate of drug-likeness (QED) is 0.851. The van der Waals surface area contributed by atoms with Gasteiger partial charge in [0.05, 0.1) is 18.1 Å². The van der Waals surface area contributed by atoms with Gasteiger partial charge in [-0.25, -0.2) is 0 Å². The number of hydrogen-bond acceptors (Lipinski definition) is 5. The van der Waals surface area contributed by atoms with Crippen molar-refractivity contribution < 1.29 is 4.79 Å². The average molecular weight is 293 g/mol. The Labute approximate surface area is 120 Å². The molecule has 0 spiro atoms. The lowest BCUT2D eigenvalue weighted by molar-refractivity contribution is -0.130. The summed E-state index contributed by atoms with van der Waals surface area (Å²) < 4.78 is 8.51. The van der Waals surface area contributed by atoms with Crippen LogP contribution in [-0.4, -0.2) is 44.1 Å². The number of fused-ring (bicyclic) bond motifs is 1. The lowest BCUT2D eigenvalue weighted by Crippen LogP contribution is -2.34. The van der Waals surface area contributed by atoms with Crippen molar-refractivity contribution in [3.05, 3.63) is 23.8 Å². The van der Waals surface area contributed by atoms with Crippen molar-refractivity contribution in [3.63, 3.8) is 0 Å². The summed E-state index contributed by atoms with van der Waals surface area (Å²) in [5.41, 5.74) is 2.76. The molecule has 1 fully saturated rings. The van der Waals surface area contributed by atoms with Crippen molar-refractivity contribution in [1.82, 2.24) is 13.6 Å². The predicted molar refractivity (Wildman–Crippen MR) is 79.6 cm³/mol. The number of carbonyl (C=O) groups excluding carboxylic acids is 1.